The van der Waals surface area contributed by atoms with Crippen molar-refractivity contribution in [1.29, 1.82) is 0 Å². The van der Waals surface area contributed by atoms with Crippen LogP contribution >= 0.6 is 11.6 Å². The SMILES string of the molecule is O=C(NC1CCCCCC1)c1cc2occc2c(Nc2ccc(Cl)cc2)n1. The predicted octanol–water partition coefficient (Wildman–Crippen LogP) is 5.68. The third-order valence-corrected chi connectivity index (χ3v) is 5.23. The van der Waals surface area contributed by atoms with Gasteiger partial charge in [0.1, 0.15) is 17.1 Å². The lowest BCUT2D eigenvalue weighted by atomic mass is 10.1. The molecule has 0 aliphatic heterocycles. The number of halogens is 1. The van der Waals surface area contributed by atoms with Crippen LogP contribution in [0, 0.1) is 0 Å². The Balaban J connectivity index is 1.59. The molecule has 1 aliphatic rings. The second kappa shape index (κ2) is 8.01. The van der Waals surface area contributed by atoms with E-state index in [0.717, 1.165) is 23.9 Å². The first-order valence-corrected chi connectivity index (χ1v) is 9.78. The zero-order valence-electron chi connectivity index (χ0n) is 15.0. The van der Waals surface area contributed by atoms with E-state index in [1.165, 1.54) is 25.7 Å². The van der Waals surface area contributed by atoms with Crippen LogP contribution in [0.15, 0.2) is 47.1 Å². The third kappa shape index (κ3) is 4.25. The number of amides is 1. The molecule has 1 saturated carbocycles. The van der Waals surface area contributed by atoms with E-state index in [9.17, 15) is 4.79 Å². The maximum atomic E-state index is 12.8. The summed E-state index contributed by atoms with van der Waals surface area (Å²) in [5.41, 5.74) is 1.83. The second-order valence-corrected chi connectivity index (χ2v) is 7.42. The Bertz CT molecular complexity index is 928. The molecule has 3 aromatic rings. The number of aromatic nitrogens is 1. The van der Waals surface area contributed by atoms with E-state index < -0.39 is 0 Å². The summed E-state index contributed by atoms with van der Waals surface area (Å²) in [4.78, 5) is 17.3. The Morgan fingerprint density at radius 2 is 1.81 bits per heavy atom. The maximum Gasteiger partial charge on any atom is 0.270 e. The minimum absolute atomic E-state index is 0.153. The van der Waals surface area contributed by atoms with Crippen LogP contribution in [0.5, 0.6) is 0 Å². The molecular formula is C21H22ClN3O2. The number of benzene rings is 1. The number of nitrogens with zero attached hydrogens (tertiary/aromatic N) is 1. The fourth-order valence-electron chi connectivity index (χ4n) is 3.53. The molecule has 2 aromatic heterocycles. The van der Waals surface area contributed by atoms with E-state index in [-0.39, 0.29) is 11.9 Å². The Morgan fingerprint density at radius 3 is 2.56 bits per heavy atom. The van der Waals surface area contributed by atoms with Crippen LogP contribution in [0.2, 0.25) is 5.02 Å². The van der Waals surface area contributed by atoms with E-state index in [4.69, 9.17) is 16.0 Å². The molecule has 4 rings (SSSR count). The van der Waals surface area contributed by atoms with Crippen LogP contribution in [0.3, 0.4) is 0 Å². The normalized spacial score (nSPS) is 15.4. The zero-order chi connectivity index (χ0) is 18.6. The van der Waals surface area contributed by atoms with Crippen molar-refractivity contribution in [1.82, 2.24) is 10.3 Å². The van der Waals surface area contributed by atoms with Gasteiger partial charge in [0.05, 0.1) is 11.6 Å². The molecule has 6 heteroatoms. The largest absolute Gasteiger partial charge is 0.464 e. The standard InChI is InChI=1S/C21H22ClN3O2/c22-14-7-9-16(10-8-14)23-20-17-11-12-27-19(17)13-18(25-20)21(26)24-15-5-3-1-2-4-6-15/h7-13,15H,1-6H2,(H,23,25)(H,24,26). The number of furan rings is 1. The van der Waals surface area contributed by atoms with Gasteiger partial charge in [-0.3, -0.25) is 4.79 Å². The van der Waals surface area contributed by atoms with Crippen molar-refractivity contribution < 1.29 is 9.21 Å². The summed E-state index contributed by atoms with van der Waals surface area (Å²) < 4.78 is 5.54. The average molecular weight is 384 g/mol. The van der Waals surface area contributed by atoms with E-state index in [0.29, 0.717) is 22.1 Å². The average Bonchev–Trinajstić information content (AvgIpc) is 3.00. The van der Waals surface area contributed by atoms with Crippen molar-refractivity contribution >= 4 is 40.0 Å². The number of nitrogens with one attached hydrogen (secondary N) is 2. The van der Waals surface area contributed by atoms with Gasteiger partial charge in [0.2, 0.25) is 0 Å². The molecule has 0 bridgehead atoms. The lowest BCUT2D eigenvalue weighted by Crippen LogP contribution is -2.34. The minimum atomic E-state index is -0.153. The summed E-state index contributed by atoms with van der Waals surface area (Å²) in [6.07, 6.45) is 8.50. The molecule has 2 heterocycles. The highest BCUT2D eigenvalue weighted by molar-refractivity contribution is 6.30. The molecule has 0 spiro atoms. The number of hydrogen-bond donors (Lipinski definition) is 2. The fourth-order valence-corrected chi connectivity index (χ4v) is 3.66. The second-order valence-electron chi connectivity index (χ2n) is 6.98. The van der Waals surface area contributed by atoms with Gasteiger partial charge >= 0.3 is 0 Å². The topological polar surface area (TPSA) is 67.2 Å². The third-order valence-electron chi connectivity index (χ3n) is 4.98. The first kappa shape index (κ1) is 17.9. The van der Waals surface area contributed by atoms with Crippen molar-refractivity contribution in [2.24, 2.45) is 0 Å². The van der Waals surface area contributed by atoms with Gasteiger partial charge in [0.25, 0.3) is 5.91 Å². The molecule has 1 aromatic carbocycles. The monoisotopic (exact) mass is 383 g/mol. The number of pyridine rings is 1. The molecule has 0 saturated heterocycles. The highest BCUT2D eigenvalue weighted by Crippen LogP contribution is 2.27. The van der Waals surface area contributed by atoms with Crippen LogP contribution < -0.4 is 10.6 Å². The zero-order valence-corrected chi connectivity index (χ0v) is 15.8. The van der Waals surface area contributed by atoms with Crippen molar-refractivity contribution in [3.05, 3.63) is 53.4 Å². The summed E-state index contributed by atoms with van der Waals surface area (Å²) in [6, 6.07) is 11.1. The van der Waals surface area contributed by atoms with Crippen molar-refractivity contribution in [3.8, 4) is 0 Å². The minimum Gasteiger partial charge on any atom is -0.464 e. The number of rotatable bonds is 4. The molecular weight excluding hydrogens is 362 g/mol. The number of carbonyl (C=O) groups is 1. The fraction of sp³-hybridized carbons (Fsp3) is 0.333. The Hall–Kier alpha value is -2.53. The molecule has 1 aliphatic carbocycles. The Morgan fingerprint density at radius 1 is 1.07 bits per heavy atom. The molecule has 0 unspecified atom stereocenters. The Labute approximate surface area is 163 Å². The molecule has 0 radical (unpaired) electrons. The van der Waals surface area contributed by atoms with Crippen LogP contribution in [0.25, 0.3) is 11.0 Å². The lowest BCUT2D eigenvalue weighted by molar-refractivity contribution is 0.0928. The molecule has 27 heavy (non-hydrogen) atoms. The van der Waals surface area contributed by atoms with Gasteiger partial charge in [0, 0.05) is 22.8 Å². The number of anilines is 2. The molecule has 5 nitrogen and oxygen atoms in total. The smallest absolute Gasteiger partial charge is 0.270 e. The van der Waals surface area contributed by atoms with Crippen LogP contribution in [-0.4, -0.2) is 16.9 Å². The van der Waals surface area contributed by atoms with Crippen molar-refractivity contribution in [2.75, 3.05) is 5.32 Å². The highest BCUT2D eigenvalue weighted by atomic mass is 35.5. The van der Waals surface area contributed by atoms with Crippen molar-refractivity contribution in [3.63, 3.8) is 0 Å². The summed E-state index contributed by atoms with van der Waals surface area (Å²) in [5.74, 6) is 0.439. The first-order valence-electron chi connectivity index (χ1n) is 9.41. The van der Waals surface area contributed by atoms with Crippen LogP contribution in [0.1, 0.15) is 49.0 Å². The number of fused-ring (bicyclic) bond motifs is 1. The van der Waals surface area contributed by atoms with Crippen LogP contribution in [0.4, 0.5) is 11.5 Å². The lowest BCUT2D eigenvalue weighted by Gasteiger charge is -2.16. The van der Waals surface area contributed by atoms with Gasteiger partial charge in [0.15, 0.2) is 0 Å². The number of hydrogen-bond acceptors (Lipinski definition) is 4. The van der Waals surface area contributed by atoms with E-state index >= 15 is 0 Å². The van der Waals surface area contributed by atoms with Gasteiger partial charge in [-0.2, -0.15) is 0 Å². The van der Waals surface area contributed by atoms with Crippen LogP contribution in [-0.2, 0) is 0 Å². The van der Waals surface area contributed by atoms with Crippen molar-refractivity contribution in [2.45, 2.75) is 44.6 Å². The summed E-state index contributed by atoms with van der Waals surface area (Å²) >= 11 is 5.95. The number of carbonyl (C=O) groups excluding carboxylic acids is 1. The summed E-state index contributed by atoms with van der Waals surface area (Å²) in [5, 5.41) is 7.90. The van der Waals surface area contributed by atoms with Gasteiger partial charge < -0.3 is 15.1 Å². The first-order chi connectivity index (χ1) is 13.2. The summed E-state index contributed by atoms with van der Waals surface area (Å²) in [7, 11) is 0. The van der Waals surface area contributed by atoms with Gasteiger partial charge in [-0.25, -0.2) is 4.98 Å². The molecule has 0 atom stereocenters. The van der Waals surface area contributed by atoms with E-state index in [2.05, 4.69) is 15.6 Å². The predicted molar refractivity (Wildman–Crippen MR) is 108 cm³/mol. The van der Waals surface area contributed by atoms with E-state index in [1.54, 1.807) is 24.5 Å². The van der Waals surface area contributed by atoms with Gasteiger partial charge in [-0.1, -0.05) is 37.3 Å². The highest BCUT2D eigenvalue weighted by Gasteiger charge is 2.19. The maximum absolute atomic E-state index is 12.8. The van der Waals surface area contributed by atoms with Gasteiger partial charge in [-0.05, 0) is 43.2 Å². The molecule has 140 valence electrons. The molecule has 1 fully saturated rings. The quantitative estimate of drug-likeness (QED) is 0.569. The van der Waals surface area contributed by atoms with E-state index in [1.807, 2.05) is 18.2 Å². The summed E-state index contributed by atoms with van der Waals surface area (Å²) in [6.45, 7) is 0. The Kier molecular flexibility index (Phi) is 5.30. The van der Waals surface area contributed by atoms with Gasteiger partial charge in [-0.15, -0.1) is 0 Å². The molecule has 2 N–H and O–H groups in total. The molecule has 1 amide bonds.